The van der Waals surface area contributed by atoms with Crippen LogP contribution in [0.25, 0.3) is 22.7 Å². The summed E-state index contributed by atoms with van der Waals surface area (Å²) in [5.74, 6) is 0.0730. The third-order valence-electron chi connectivity index (χ3n) is 3.34. The number of carboxylic acids is 1. The van der Waals surface area contributed by atoms with Gasteiger partial charge in [-0.2, -0.15) is 0 Å². The fourth-order valence-electron chi connectivity index (χ4n) is 2.29. The molecule has 0 aliphatic rings. The molecule has 0 atom stereocenters. The SMILES string of the molecule is COc1cccc(C=C(CC(=O)O)c2nc3ccccc3o2)c1. The quantitative estimate of drug-likeness (QED) is 0.775. The van der Waals surface area contributed by atoms with Crippen molar-refractivity contribution in [3.8, 4) is 5.75 Å². The standard InChI is InChI=1S/C18H15NO4/c1-22-14-6-4-5-12(10-14)9-13(11-17(20)21)18-19-15-7-2-3-8-16(15)23-18/h2-10H,11H2,1H3,(H,20,21). The molecule has 0 radical (unpaired) electrons. The van der Waals surface area contributed by atoms with E-state index in [1.807, 2.05) is 42.5 Å². The van der Waals surface area contributed by atoms with Gasteiger partial charge >= 0.3 is 5.97 Å². The topological polar surface area (TPSA) is 72.6 Å². The average molecular weight is 309 g/mol. The van der Waals surface area contributed by atoms with Crippen LogP contribution in [0, 0.1) is 0 Å². The normalized spacial score (nSPS) is 11.6. The predicted molar refractivity (Wildman–Crippen MR) is 87.1 cm³/mol. The molecule has 5 nitrogen and oxygen atoms in total. The minimum Gasteiger partial charge on any atom is -0.497 e. The Hall–Kier alpha value is -3.08. The molecule has 0 aliphatic heterocycles. The van der Waals surface area contributed by atoms with Gasteiger partial charge in [0, 0.05) is 5.57 Å². The van der Waals surface area contributed by atoms with Crippen LogP contribution < -0.4 is 4.74 Å². The van der Waals surface area contributed by atoms with Crippen LogP contribution in [0.15, 0.2) is 52.9 Å². The first-order valence-electron chi connectivity index (χ1n) is 7.08. The van der Waals surface area contributed by atoms with Crippen molar-refractivity contribution < 1.29 is 19.1 Å². The van der Waals surface area contributed by atoms with E-state index in [9.17, 15) is 4.79 Å². The van der Waals surface area contributed by atoms with Crippen molar-refractivity contribution >= 4 is 28.7 Å². The summed E-state index contributed by atoms with van der Waals surface area (Å²) in [6.07, 6.45) is 1.57. The van der Waals surface area contributed by atoms with E-state index in [1.54, 1.807) is 19.3 Å². The van der Waals surface area contributed by atoms with E-state index in [0.29, 0.717) is 28.3 Å². The molecule has 0 saturated heterocycles. The maximum absolute atomic E-state index is 11.2. The third kappa shape index (κ3) is 3.40. The lowest BCUT2D eigenvalue weighted by atomic mass is 10.1. The summed E-state index contributed by atoms with van der Waals surface area (Å²) in [7, 11) is 1.59. The molecule has 5 heteroatoms. The Bertz CT molecular complexity index is 846. The van der Waals surface area contributed by atoms with Crippen LogP contribution in [0.4, 0.5) is 0 Å². The molecule has 3 rings (SSSR count). The van der Waals surface area contributed by atoms with Crippen LogP contribution in [0.3, 0.4) is 0 Å². The average Bonchev–Trinajstić information content (AvgIpc) is 2.98. The second kappa shape index (κ2) is 6.36. The van der Waals surface area contributed by atoms with Crippen molar-refractivity contribution in [1.29, 1.82) is 0 Å². The van der Waals surface area contributed by atoms with Gasteiger partial charge in [-0.3, -0.25) is 4.79 Å². The molecular formula is C18H15NO4. The van der Waals surface area contributed by atoms with Crippen LogP contribution in [0.1, 0.15) is 17.9 Å². The smallest absolute Gasteiger partial charge is 0.308 e. The highest BCUT2D eigenvalue weighted by atomic mass is 16.5. The maximum Gasteiger partial charge on any atom is 0.308 e. The molecule has 0 spiro atoms. The number of methoxy groups -OCH3 is 1. The number of fused-ring (bicyclic) bond motifs is 1. The number of carbonyl (C=O) groups is 1. The van der Waals surface area contributed by atoms with Crippen LogP contribution in [-0.2, 0) is 4.79 Å². The van der Waals surface area contributed by atoms with E-state index >= 15 is 0 Å². The van der Waals surface area contributed by atoms with Crippen molar-refractivity contribution in [1.82, 2.24) is 4.98 Å². The monoisotopic (exact) mass is 309 g/mol. The lowest BCUT2D eigenvalue weighted by molar-refractivity contribution is -0.135. The number of aromatic nitrogens is 1. The summed E-state index contributed by atoms with van der Waals surface area (Å²) in [6.45, 7) is 0. The first-order valence-corrected chi connectivity index (χ1v) is 7.08. The van der Waals surface area contributed by atoms with E-state index < -0.39 is 5.97 Å². The number of hydrogen-bond acceptors (Lipinski definition) is 4. The Morgan fingerprint density at radius 1 is 1.26 bits per heavy atom. The van der Waals surface area contributed by atoms with Gasteiger partial charge in [0.1, 0.15) is 11.3 Å². The van der Waals surface area contributed by atoms with Crippen molar-refractivity contribution in [3.05, 3.63) is 60.0 Å². The van der Waals surface area contributed by atoms with Crippen molar-refractivity contribution in [3.63, 3.8) is 0 Å². The van der Waals surface area contributed by atoms with Gasteiger partial charge in [0.2, 0.25) is 5.89 Å². The number of hydrogen-bond donors (Lipinski definition) is 1. The third-order valence-corrected chi connectivity index (χ3v) is 3.34. The number of nitrogens with zero attached hydrogens (tertiary/aromatic N) is 1. The highest BCUT2D eigenvalue weighted by Gasteiger charge is 2.14. The first-order chi connectivity index (χ1) is 11.2. The molecule has 0 aliphatic carbocycles. The molecule has 3 aromatic rings. The minimum absolute atomic E-state index is 0.177. The Morgan fingerprint density at radius 3 is 2.83 bits per heavy atom. The van der Waals surface area contributed by atoms with Gasteiger partial charge in [0.05, 0.1) is 13.5 Å². The van der Waals surface area contributed by atoms with Crippen LogP contribution in [-0.4, -0.2) is 23.2 Å². The van der Waals surface area contributed by atoms with E-state index in [1.165, 1.54) is 0 Å². The molecule has 1 N–H and O–H groups in total. The molecule has 2 aromatic carbocycles. The van der Waals surface area contributed by atoms with Gasteiger partial charge in [-0.1, -0.05) is 24.3 Å². The van der Waals surface area contributed by atoms with Crippen molar-refractivity contribution in [2.24, 2.45) is 0 Å². The van der Waals surface area contributed by atoms with Crippen LogP contribution in [0.2, 0.25) is 0 Å². The zero-order valence-corrected chi connectivity index (χ0v) is 12.5. The Morgan fingerprint density at radius 2 is 2.09 bits per heavy atom. The fraction of sp³-hybridized carbons (Fsp3) is 0.111. The summed E-state index contributed by atoms with van der Waals surface area (Å²) < 4.78 is 10.9. The van der Waals surface area contributed by atoms with Crippen molar-refractivity contribution in [2.45, 2.75) is 6.42 Å². The van der Waals surface area contributed by atoms with Gasteiger partial charge in [0.25, 0.3) is 0 Å². The number of rotatable bonds is 5. The largest absolute Gasteiger partial charge is 0.497 e. The Balaban J connectivity index is 2.05. The summed E-state index contributed by atoms with van der Waals surface area (Å²) in [4.78, 5) is 15.6. The van der Waals surface area contributed by atoms with Gasteiger partial charge < -0.3 is 14.3 Å². The van der Waals surface area contributed by atoms with E-state index in [-0.39, 0.29) is 6.42 Å². The second-order valence-electron chi connectivity index (χ2n) is 5.00. The molecular weight excluding hydrogens is 294 g/mol. The molecule has 0 fully saturated rings. The summed E-state index contributed by atoms with van der Waals surface area (Å²) in [6, 6.07) is 14.7. The number of carboxylic acid groups (broad SMARTS) is 1. The number of aliphatic carboxylic acids is 1. The molecule has 1 heterocycles. The number of oxazole rings is 1. The van der Waals surface area contributed by atoms with E-state index in [4.69, 9.17) is 14.3 Å². The zero-order chi connectivity index (χ0) is 16.2. The molecule has 0 unspecified atom stereocenters. The Labute approximate surface area is 132 Å². The highest BCUT2D eigenvalue weighted by molar-refractivity contribution is 5.91. The first kappa shape index (κ1) is 14.8. The number of para-hydroxylation sites is 2. The van der Waals surface area contributed by atoms with E-state index in [0.717, 1.165) is 5.56 Å². The summed E-state index contributed by atoms with van der Waals surface area (Å²) in [5.41, 5.74) is 2.65. The van der Waals surface area contributed by atoms with Gasteiger partial charge in [-0.25, -0.2) is 4.98 Å². The molecule has 0 amide bonds. The second-order valence-corrected chi connectivity index (χ2v) is 5.00. The molecule has 116 valence electrons. The van der Waals surface area contributed by atoms with Gasteiger partial charge in [-0.15, -0.1) is 0 Å². The zero-order valence-electron chi connectivity index (χ0n) is 12.5. The van der Waals surface area contributed by atoms with Crippen LogP contribution >= 0.6 is 0 Å². The number of ether oxygens (including phenoxy) is 1. The highest BCUT2D eigenvalue weighted by Crippen LogP contribution is 2.26. The van der Waals surface area contributed by atoms with Crippen molar-refractivity contribution in [2.75, 3.05) is 7.11 Å². The molecule has 1 aromatic heterocycles. The van der Waals surface area contributed by atoms with Gasteiger partial charge in [-0.05, 0) is 35.9 Å². The number of benzene rings is 2. The molecule has 23 heavy (non-hydrogen) atoms. The minimum atomic E-state index is -0.943. The lowest BCUT2D eigenvalue weighted by Crippen LogP contribution is -1.97. The van der Waals surface area contributed by atoms with E-state index in [2.05, 4.69) is 4.98 Å². The summed E-state index contributed by atoms with van der Waals surface area (Å²) >= 11 is 0. The lowest BCUT2D eigenvalue weighted by Gasteiger charge is -2.03. The molecule has 0 saturated carbocycles. The fourth-order valence-corrected chi connectivity index (χ4v) is 2.29. The molecule has 0 bridgehead atoms. The Kier molecular flexibility index (Phi) is 4.10. The maximum atomic E-state index is 11.2. The van der Waals surface area contributed by atoms with Crippen LogP contribution in [0.5, 0.6) is 5.75 Å². The van der Waals surface area contributed by atoms with Gasteiger partial charge in [0.15, 0.2) is 5.58 Å². The summed E-state index contributed by atoms with van der Waals surface area (Å²) in [5, 5.41) is 9.16. The predicted octanol–water partition coefficient (Wildman–Crippen LogP) is 3.85.